The summed E-state index contributed by atoms with van der Waals surface area (Å²) in [5, 5.41) is 11.2. The van der Waals surface area contributed by atoms with Gasteiger partial charge >= 0.3 is 12.1 Å². The molecule has 4 nitrogen and oxygen atoms in total. The molecule has 2 aromatic rings. The van der Waals surface area contributed by atoms with Gasteiger partial charge in [-0.25, -0.2) is 4.79 Å². The summed E-state index contributed by atoms with van der Waals surface area (Å²) in [5.41, 5.74) is 6.32. The van der Waals surface area contributed by atoms with Gasteiger partial charge in [-0.3, -0.25) is 0 Å². The van der Waals surface area contributed by atoms with Crippen molar-refractivity contribution in [2.75, 3.05) is 12.3 Å². The third-order valence-corrected chi connectivity index (χ3v) is 8.92. The summed E-state index contributed by atoms with van der Waals surface area (Å²) in [6, 6.07) is 8.09. The third kappa shape index (κ3) is 13.5. The summed E-state index contributed by atoms with van der Waals surface area (Å²) in [5.74, 6) is -0.319. The molecule has 0 saturated carbocycles. The number of carbonyl (C=O) groups is 1. The molecule has 0 fully saturated rings. The number of nitrogens with zero attached hydrogens (tertiary/aromatic N) is 1. The first-order valence-corrected chi connectivity index (χ1v) is 16.5. The van der Waals surface area contributed by atoms with E-state index in [1.165, 1.54) is 69.2 Å². The van der Waals surface area contributed by atoms with Crippen molar-refractivity contribution in [2.45, 2.75) is 96.2 Å². The van der Waals surface area contributed by atoms with Gasteiger partial charge in [-0.1, -0.05) is 69.6 Å². The van der Waals surface area contributed by atoms with Crippen LogP contribution in [0, 0.1) is 6.92 Å². The highest BCUT2D eigenvalue weighted by molar-refractivity contribution is 8.00. The first-order chi connectivity index (χ1) is 19.7. The second kappa shape index (κ2) is 19.1. The van der Waals surface area contributed by atoms with Gasteiger partial charge in [-0.05, 0) is 79.8 Å². The number of unbranched alkanes of at least 4 members (excludes halogenated alkanes) is 7. The summed E-state index contributed by atoms with van der Waals surface area (Å²) in [6.07, 6.45) is 13.0. The number of rotatable bonds is 16. The predicted octanol–water partition coefficient (Wildman–Crippen LogP) is 9.19. The third-order valence-electron chi connectivity index (χ3n) is 6.69. The van der Waals surface area contributed by atoms with Gasteiger partial charge in [0.05, 0.1) is 17.7 Å². The van der Waals surface area contributed by atoms with Crippen LogP contribution in [0.1, 0.15) is 86.3 Å². The summed E-state index contributed by atoms with van der Waals surface area (Å²) in [6.45, 7) is 5.40. The molecule has 1 aromatic heterocycles. The molecule has 1 atom stereocenters. The minimum Gasteiger partial charge on any atom is -0.478 e. The van der Waals surface area contributed by atoms with E-state index in [0.717, 1.165) is 17.5 Å². The topological polar surface area (TPSA) is 66.6 Å². The molecule has 0 spiro atoms. The van der Waals surface area contributed by atoms with Crippen molar-refractivity contribution in [3.8, 4) is 0 Å². The number of hydrogen-bond donors (Lipinski definition) is 2. The molecule has 3 N–H and O–H groups in total. The van der Waals surface area contributed by atoms with E-state index >= 15 is 0 Å². The lowest BCUT2D eigenvalue weighted by Crippen LogP contribution is -2.34. The average molecular weight is 611 g/mol. The van der Waals surface area contributed by atoms with Crippen LogP contribution in [0.15, 0.2) is 59.6 Å². The number of benzene rings is 1. The minimum absolute atomic E-state index is 0.314. The number of thiophene rings is 1. The van der Waals surface area contributed by atoms with Crippen LogP contribution in [-0.2, 0) is 23.9 Å². The highest BCUT2D eigenvalue weighted by Crippen LogP contribution is 2.32. The normalized spacial score (nSPS) is 14.9. The zero-order chi connectivity index (χ0) is 30.1. The van der Waals surface area contributed by atoms with E-state index in [2.05, 4.69) is 6.92 Å². The summed E-state index contributed by atoms with van der Waals surface area (Å²) in [7, 11) is 0. The van der Waals surface area contributed by atoms with Crippen molar-refractivity contribution >= 4 is 29.1 Å². The quantitative estimate of drug-likeness (QED) is 0.186. The van der Waals surface area contributed by atoms with Gasteiger partial charge in [0, 0.05) is 11.1 Å². The smallest absolute Gasteiger partial charge is 0.416 e. The van der Waals surface area contributed by atoms with E-state index in [9.17, 15) is 23.1 Å². The summed E-state index contributed by atoms with van der Waals surface area (Å²) < 4.78 is 39.1. The van der Waals surface area contributed by atoms with Crippen molar-refractivity contribution in [3.63, 3.8) is 0 Å². The van der Waals surface area contributed by atoms with Gasteiger partial charge in [0.1, 0.15) is 5.37 Å². The van der Waals surface area contributed by atoms with Crippen LogP contribution in [-0.4, -0.2) is 33.6 Å². The molecule has 0 saturated heterocycles. The first-order valence-electron chi connectivity index (χ1n) is 14.5. The number of carboxylic acid groups (broad SMARTS) is 1. The Morgan fingerprint density at radius 3 is 2.39 bits per heavy atom. The molecule has 41 heavy (non-hydrogen) atoms. The van der Waals surface area contributed by atoms with Crippen molar-refractivity contribution < 1.29 is 23.1 Å². The number of alkyl halides is 3. The number of aliphatic carboxylic acids is 1. The Balaban J connectivity index is 0.000000454. The standard InChI is InChI=1S/C22H22F3NO2S2.C10H23N/c1-15-11-16(13-17(12-15)22(23,24)25)5-3-10-30-20-19(21(27)28)7-2-8-26(20)14-18-6-4-9-29-18;1-2-3-4-5-6-7-8-9-10-11/h2,4,6-9,11-13,20H,3,5,10,14H2,1H3,(H,27,28);2-11H2,1H3. The summed E-state index contributed by atoms with van der Waals surface area (Å²) >= 11 is 3.12. The maximum atomic E-state index is 13.0. The number of thioether (sulfide) groups is 1. The lowest BCUT2D eigenvalue weighted by molar-refractivity contribution is -0.137. The second-order valence-electron chi connectivity index (χ2n) is 10.3. The molecule has 0 bridgehead atoms. The minimum atomic E-state index is -4.35. The highest BCUT2D eigenvalue weighted by Gasteiger charge is 2.31. The van der Waals surface area contributed by atoms with E-state index < -0.39 is 17.7 Å². The van der Waals surface area contributed by atoms with Crippen molar-refractivity contribution in [3.05, 3.63) is 81.2 Å². The van der Waals surface area contributed by atoms with Crippen LogP contribution in [0.2, 0.25) is 0 Å². The van der Waals surface area contributed by atoms with Crippen molar-refractivity contribution in [1.29, 1.82) is 0 Å². The number of carboxylic acids is 1. The molecule has 2 heterocycles. The molecule has 9 heteroatoms. The molecule has 1 aromatic carbocycles. The van der Waals surface area contributed by atoms with E-state index in [1.54, 1.807) is 36.5 Å². The molecule has 0 radical (unpaired) electrons. The lowest BCUT2D eigenvalue weighted by atomic mass is 10.0. The Hall–Kier alpha value is -2.23. The van der Waals surface area contributed by atoms with Gasteiger partial charge in [-0.2, -0.15) is 13.2 Å². The van der Waals surface area contributed by atoms with Gasteiger partial charge in [0.15, 0.2) is 0 Å². The molecule has 1 aliphatic rings. The van der Waals surface area contributed by atoms with E-state index in [4.69, 9.17) is 5.73 Å². The molecule has 228 valence electrons. The molecule has 0 amide bonds. The van der Waals surface area contributed by atoms with Gasteiger partial charge < -0.3 is 15.7 Å². The maximum absolute atomic E-state index is 13.0. The van der Waals surface area contributed by atoms with Crippen LogP contribution in [0.5, 0.6) is 0 Å². The number of aryl methyl sites for hydroxylation is 2. The molecule has 1 aliphatic heterocycles. The van der Waals surface area contributed by atoms with Gasteiger partial charge in [-0.15, -0.1) is 23.1 Å². The Bertz CT molecular complexity index is 1080. The zero-order valence-corrected chi connectivity index (χ0v) is 25.9. The average Bonchev–Trinajstić information content (AvgIpc) is 3.44. The number of nitrogens with two attached hydrogens (primary N) is 1. The Morgan fingerprint density at radius 1 is 1.07 bits per heavy atom. The van der Waals surface area contributed by atoms with Crippen LogP contribution in [0.25, 0.3) is 0 Å². The number of allylic oxidation sites excluding steroid dienone is 2. The van der Waals surface area contributed by atoms with Crippen LogP contribution in [0.4, 0.5) is 13.2 Å². The predicted molar refractivity (Wildman–Crippen MR) is 167 cm³/mol. The van der Waals surface area contributed by atoms with E-state index in [0.29, 0.717) is 41.8 Å². The fourth-order valence-electron chi connectivity index (χ4n) is 4.60. The van der Waals surface area contributed by atoms with E-state index in [1.807, 2.05) is 28.6 Å². The molecular weight excluding hydrogens is 565 g/mol. The summed E-state index contributed by atoms with van der Waals surface area (Å²) in [4.78, 5) is 14.8. The fourth-order valence-corrected chi connectivity index (χ4v) is 6.54. The number of hydrogen-bond acceptors (Lipinski definition) is 5. The Morgan fingerprint density at radius 2 is 1.78 bits per heavy atom. The second-order valence-corrected chi connectivity index (χ2v) is 12.5. The molecule has 3 rings (SSSR count). The SMILES string of the molecule is CCCCCCCCCCN.Cc1cc(CCCSC2C(C(=O)O)=CC=CN2Cc2cccs2)cc(C(F)(F)F)c1. The molecular formula is C32H45F3N2O2S2. The fraction of sp³-hybridized carbons (Fsp3) is 0.531. The largest absolute Gasteiger partial charge is 0.478 e. The molecule has 1 unspecified atom stereocenters. The number of halogens is 3. The first kappa shape index (κ1) is 35.0. The van der Waals surface area contributed by atoms with Crippen molar-refractivity contribution in [1.82, 2.24) is 4.90 Å². The van der Waals surface area contributed by atoms with E-state index in [-0.39, 0.29) is 5.37 Å². The van der Waals surface area contributed by atoms with Gasteiger partial charge in [0.2, 0.25) is 0 Å². The Labute approximate surface area is 251 Å². The Kier molecular flexibility index (Phi) is 16.3. The van der Waals surface area contributed by atoms with Crippen LogP contribution >= 0.6 is 23.1 Å². The van der Waals surface area contributed by atoms with Crippen LogP contribution < -0.4 is 5.73 Å². The monoisotopic (exact) mass is 610 g/mol. The highest BCUT2D eigenvalue weighted by atomic mass is 32.2. The van der Waals surface area contributed by atoms with Crippen LogP contribution in [0.3, 0.4) is 0 Å². The maximum Gasteiger partial charge on any atom is 0.416 e. The zero-order valence-electron chi connectivity index (χ0n) is 24.3. The molecule has 0 aliphatic carbocycles. The van der Waals surface area contributed by atoms with Gasteiger partial charge in [0.25, 0.3) is 0 Å². The van der Waals surface area contributed by atoms with Crippen molar-refractivity contribution in [2.24, 2.45) is 5.73 Å². The lowest BCUT2D eigenvalue weighted by Gasteiger charge is -2.32.